The number of fused-ring (bicyclic) bond motifs is 1. The maximum atomic E-state index is 12.4. The molecule has 0 atom stereocenters. The van der Waals surface area contributed by atoms with E-state index in [4.69, 9.17) is 0 Å². The van der Waals surface area contributed by atoms with Gasteiger partial charge < -0.3 is 10.2 Å². The van der Waals surface area contributed by atoms with Crippen molar-refractivity contribution >= 4 is 38.6 Å². The summed E-state index contributed by atoms with van der Waals surface area (Å²) in [5, 5.41) is 4.92. The molecule has 0 fully saturated rings. The molecule has 8 heteroatoms. The second-order valence-corrected chi connectivity index (χ2v) is 9.71. The van der Waals surface area contributed by atoms with Gasteiger partial charge in [0.15, 0.2) is 9.84 Å². The Morgan fingerprint density at radius 1 is 1.14 bits per heavy atom. The first-order chi connectivity index (χ1) is 13.4. The van der Waals surface area contributed by atoms with Gasteiger partial charge in [0.25, 0.3) is 5.91 Å². The molecule has 0 spiro atoms. The first-order valence-corrected chi connectivity index (χ1v) is 11.5. The normalized spacial score (nSPS) is 13.8. The number of rotatable bonds is 4. The summed E-state index contributed by atoms with van der Waals surface area (Å²) in [4.78, 5) is 20.7. The van der Waals surface area contributed by atoms with Crippen molar-refractivity contribution < 1.29 is 13.2 Å². The second kappa shape index (κ2) is 7.37. The monoisotopic (exact) mass is 413 g/mol. The van der Waals surface area contributed by atoms with Crippen LogP contribution in [0.4, 0.5) is 11.5 Å². The molecule has 28 heavy (non-hydrogen) atoms. The molecule has 1 aromatic carbocycles. The Hall–Kier alpha value is -2.71. The predicted molar refractivity (Wildman–Crippen MR) is 111 cm³/mol. The lowest BCUT2D eigenvalue weighted by Gasteiger charge is -2.28. The number of carbonyl (C=O) groups is 1. The molecule has 0 saturated heterocycles. The predicted octanol–water partition coefficient (Wildman–Crippen LogP) is 3.36. The van der Waals surface area contributed by atoms with Crippen molar-refractivity contribution in [3.8, 4) is 0 Å². The van der Waals surface area contributed by atoms with Crippen molar-refractivity contribution in [2.24, 2.45) is 0 Å². The van der Waals surface area contributed by atoms with Crippen LogP contribution in [0.5, 0.6) is 0 Å². The van der Waals surface area contributed by atoms with E-state index in [0.717, 1.165) is 31.6 Å². The molecule has 0 radical (unpaired) electrons. The molecular weight excluding hydrogens is 394 g/mol. The smallest absolute Gasteiger partial charge is 0.255 e. The SMILES string of the molecule is CS(=O)(=O)c1ccc(C(=O)Nc2ccc(N3CCc4sccc4C3)nc2)cc1. The highest BCUT2D eigenvalue weighted by Gasteiger charge is 2.18. The summed E-state index contributed by atoms with van der Waals surface area (Å²) in [5.74, 6) is 0.572. The zero-order valence-electron chi connectivity index (χ0n) is 15.3. The van der Waals surface area contributed by atoms with Crippen molar-refractivity contribution in [2.45, 2.75) is 17.9 Å². The van der Waals surface area contributed by atoms with E-state index in [-0.39, 0.29) is 10.8 Å². The minimum absolute atomic E-state index is 0.186. The number of anilines is 2. The number of carbonyl (C=O) groups excluding carboxylic acids is 1. The van der Waals surface area contributed by atoms with Crippen molar-refractivity contribution in [2.75, 3.05) is 23.0 Å². The van der Waals surface area contributed by atoms with E-state index in [2.05, 4.69) is 26.6 Å². The second-order valence-electron chi connectivity index (χ2n) is 6.70. The standard InChI is InChI=1S/C20H19N3O3S2/c1-28(25,26)17-5-2-14(3-6-17)20(24)22-16-4-7-19(21-12-16)23-10-8-18-15(13-23)9-11-27-18/h2-7,9,11-12H,8,10,13H2,1H3,(H,22,24). The number of sulfone groups is 1. The number of hydrogen-bond acceptors (Lipinski definition) is 6. The molecule has 1 N–H and O–H groups in total. The van der Waals surface area contributed by atoms with Gasteiger partial charge in [-0.15, -0.1) is 11.3 Å². The number of benzene rings is 1. The number of hydrogen-bond donors (Lipinski definition) is 1. The summed E-state index contributed by atoms with van der Waals surface area (Å²) < 4.78 is 23.0. The number of aromatic nitrogens is 1. The number of nitrogens with zero attached hydrogens (tertiary/aromatic N) is 2. The van der Waals surface area contributed by atoms with Gasteiger partial charge in [-0.05, 0) is 59.8 Å². The van der Waals surface area contributed by atoms with Gasteiger partial charge in [0, 0.05) is 29.8 Å². The lowest BCUT2D eigenvalue weighted by molar-refractivity contribution is 0.102. The Balaban J connectivity index is 1.42. The van der Waals surface area contributed by atoms with E-state index < -0.39 is 9.84 Å². The minimum Gasteiger partial charge on any atom is -0.352 e. The minimum atomic E-state index is -3.28. The van der Waals surface area contributed by atoms with Crippen LogP contribution in [0.3, 0.4) is 0 Å². The summed E-state index contributed by atoms with van der Waals surface area (Å²) in [6.45, 7) is 1.78. The first kappa shape index (κ1) is 18.6. The third-order valence-electron chi connectivity index (χ3n) is 4.68. The molecule has 2 aromatic heterocycles. The molecule has 3 aromatic rings. The molecule has 4 rings (SSSR count). The summed E-state index contributed by atoms with van der Waals surface area (Å²) in [7, 11) is -3.28. The van der Waals surface area contributed by atoms with Gasteiger partial charge in [-0.3, -0.25) is 4.79 Å². The van der Waals surface area contributed by atoms with Gasteiger partial charge in [0.2, 0.25) is 0 Å². The molecule has 3 heterocycles. The number of pyridine rings is 1. The Morgan fingerprint density at radius 3 is 2.61 bits per heavy atom. The summed E-state index contributed by atoms with van der Waals surface area (Å²) in [5.41, 5.74) is 2.33. The highest BCUT2D eigenvalue weighted by atomic mass is 32.2. The van der Waals surface area contributed by atoms with E-state index in [9.17, 15) is 13.2 Å². The number of thiophene rings is 1. The van der Waals surface area contributed by atoms with Crippen LogP contribution < -0.4 is 10.2 Å². The van der Waals surface area contributed by atoms with Gasteiger partial charge in [-0.25, -0.2) is 13.4 Å². The Labute approximate surface area is 167 Å². The zero-order chi connectivity index (χ0) is 19.7. The van der Waals surface area contributed by atoms with Crippen molar-refractivity contribution in [3.63, 3.8) is 0 Å². The molecule has 0 bridgehead atoms. The summed E-state index contributed by atoms with van der Waals surface area (Å²) in [6.07, 6.45) is 3.80. The lowest BCUT2D eigenvalue weighted by atomic mass is 10.1. The van der Waals surface area contributed by atoms with Crippen LogP contribution in [0.25, 0.3) is 0 Å². The average Bonchev–Trinajstić information content (AvgIpc) is 3.16. The topological polar surface area (TPSA) is 79.4 Å². The third kappa shape index (κ3) is 3.93. The fourth-order valence-electron chi connectivity index (χ4n) is 3.15. The Kier molecular flexibility index (Phi) is 4.91. The van der Waals surface area contributed by atoms with Crippen LogP contribution in [-0.4, -0.2) is 32.1 Å². The van der Waals surface area contributed by atoms with E-state index in [1.54, 1.807) is 17.5 Å². The fraction of sp³-hybridized carbons (Fsp3) is 0.200. The highest BCUT2D eigenvalue weighted by molar-refractivity contribution is 7.90. The van der Waals surface area contributed by atoms with Crippen LogP contribution in [0.1, 0.15) is 20.8 Å². The van der Waals surface area contributed by atoms with Gasteiger partial charge in [0.1, 0.15) is 5.82 Å². The number of amides is 1. The quantitative estimate of drug-likeness (QED) is 0.709. The summed E-state index contributed by atoms with van der Waals surface area (Å²) in [6, 6.07) is 11.8. The molecule has 1 aliphatic heterocycles. The van der Waals surface area contributed by atoms with Crippen LogP contribution in [0.15, 0.2) is 58.9 Å². The van der Waals surface area contributed by atoms with E-state index in [1.807, 2.05) is 12.1 Å². The largest absolute Gasteiger partial charge is 0.352 e. The Bertz CT molecular complexity index is 1100. The van der Waals surface area contributed by atoms with Gasteiger partial charge >= 0.3 is 0 Å². The van der Waals surface area contributed by atoms with Crippen LogP contribution in [-0.2, 0) is 22.8 Å². The van der Waals surface area contributed by atoms with E-state index in [1.165, 1.54) is 34.7 Å². The van der Waals surface area contributed by atoms with Crippen LogP contribution in [0.2, 0.25) is 0 Å². The molecule has 0 unspecified atom stereocenters. The van der Waals surface area contributed by atoms with E-state index in [0.29, 0.717) is 11.3 Å². The van der Waals surface area contributed by atoms with Crippen LogP contribution in [0, 0.1) is 0 Å². The molecule has 1 aliphatic rings. The molecular formula is C20H19N3O3S2. The fourth-order valence-corrected chi connectivity index (χ4v) is 4.67. The molecule has 0 saturated carbocycles. The maximum absolute atomic E-state index is 12.4. The molecule has 0 aliphatic carbocycles. The zero-order valence-corrected chi connectivity index (χ0v) is 16.9. The number of nitrogens with one attached hydrogen (secondary N) is 1. The van der Waals surface area contributed by atoms with Gasteiger partial charge in [0.05, 0.1) is 16.8 Å². The average molecular weight is 414 g/mol. The summed E-state index contributed by atoms with van der Waals surface area (Å²) >= 11 is 1.80. The molecule has 6 nitrogen and oxygen atoms in total. The van der Waals surface area contributed by atoms with Gasteiger partial charge in [-0.1, -0.05) is 0 Å². The first-order valence-electron chi connectivity index (χ1n) is 8.78. The maximum Gasteiger partial charge on any atom is 0.255 e. The Morgan fingerprint density at radius 2 is 1.93 bits per heavy atom. The lowest BCUT2D eigenvalue weighted by Crippen LogP contribution is -2.30. The highest BCUT2D eigenvalue weighted by Crippen LogP contribution is 2.27. The third-order valence-corrected chi connectivity index (χ3v) is 6.83. The van der Waals surface area contributed by atoms with E-state index >= 15 is 0 Å². The molecule has 144 valence electrons. The van der Waals surface area contributed by atoms with Crippen molar-refractivity contribution in [1.82, 2.24) is 4.98 Å². The van der Waals surface area contributed by atoms with Crippen molar-refractivity contribution in [1.29, 1.82) is 0 Å². The van der Waals surface area contributed by atoms with Gasteiger partial charge in [-0.2, -0.15) is 0 Å². The van der Waals surface area contributed by atoms with Crippen LogP contribution >= 0.6 is 11.3 Å². The van der Waals surface area contributed by atoms with Crippen molar-refractivity contribution in [3.05, 3.63) is 70.0 Å². The molecule has 1 amide bonds.